The van der Waals surface area contributed by atoms with E-state index in [0.717, 1.165) is 30.8 Å². The van der Waals surface area contributed by atoms with Crippen LogP contribution in [0, 0.1) is 5.92 Å². The zero-order valence-electron chi connectivity index (χ0n) is 10.1. The molecule has 2 atom stereocenters. The van der Waals surface area contributed by atoms with Crippen LogP contribution in [-0.2, 0) is 0 Å². The van der Waals surface area contributed by atoms with E-state index >= 15 is 0 Å². The lowest BCUT2D eigenvalue weighted by atomic mass is 9.88. The highest BCUT2D eigenvalue weighted by molar-refractivity contribution is 6.31. The number of nitrogens with one attached hydrogen (secondary N) is 1. The SMILES string of the molecule is COc1ccc(C(N)C2CCCNC2)c(Cl)c1. The summed E-state index contributed by atoms with van der Waals surface area (Å²) in [4.78, 5) is 0. The fourth-order valence-corrected chi connectivity index (χ4v) is 2.64. The summed E-state index contributed by atoms with van der Waals surface area (Å²) in [5.74, 6) is 1.24. The number of methoxy groups -OCH3 is 1. The van der Waals surface area contributed by atoms with Gasteiger partial charge in [0, 0.05) is 11.1 Å². The highest BCUT2D eigenvalue weighted by Gasteiger charge is 2.23. The van der Waals surface area contributed by atoms with Gasteiger partial charge in [-0.3, -0.25) is 0 Å². The number of halogens is 1. The van der Waals surface area contributed by atoms with Crippen molar-refractivity contribution in [3.8, 4) is 5.75 Å². The zero-order valence-corrected chi connectivity index (χ0v) is 10.8. The van der Waals surface area contributed by atoms with E-state index in [4.69, 9.17) is 22.1 Å². The first-order chi connectivity index (χ1) is 8.22. The first-order valence-corrected chi connectivity index (χ1v) is 6.40. The maximum absolute atomic E-state index is 6.30. The van der Waals surface area contributed by atoms with Crippen LogP contribution < -0.4 is 15.8 Å². The average molecular weight is 255 g/mol. The fraction of sp³-hybridized carbons (Fsp3) is 0.538. The molecule has 0 amide bonds. The Bertz CT molecular complexity index is 378. The lowest BCUT2D eigenvalue weighted by molar-refractivity contribution is 0.326. The van der Waals surface area contributed by atoms with Gasteiger partial charge in [-0.2, -0.15) is 0 Å². The number of ether oxygens (including phenoxy) is 1. The van der Waals surface area contributed by atoms with E-state index in [1.807, 2.05) is 18.2 Å². The second-order valence-corrected chi connectivity index (χ2v) is 4.93. The number of nitrogens with two attached hydrogens (primary N) is 1. The molecule has 1 aliphatic rings. The summed E-state index contributed by atoms with van der Waals surface area (Å²) in [5, 5.41) is 4.08. The summed E-state index contributed by atoms with van der Waals surface area (Å²) in [6.45, 7) is 2.07. The van der Waals surface area contributed by atoms with Gasteiger partial charge in [0.1, 0.15) is 5.75 Å². The van der Waals surface area contributed by atoms with Crippen molar-refractivity contribution in [2.24, 2.45) is 11.7 Å². The van der Waals surface area contributed by atoms with Gasteiger partial charge in [0.15, 0.2) is 0 Å². The smallest absolute Gasteiger partial charge is 0.120 e. The van der Waals surface area contributed by atoms with Crippen molar-refractivity contribution in [2.75, 3.05) is 20.2 Å². The third-order valence-electron chi connectivity index (χ3n) is 3.41. The van der Waals surface area contributed by atoms with E-state index in [-0.39, 0.29) is 6.04 Å². The minimum absolute atomic E-state index is 0.00112. The Kier molecular flexibility index (Phi) is 4.26. The van der Waals surface area contributed by atoms with Crippen molar-refractivity contribution in [1.29, 1.82) is 0 Å². The summed E-state index contributed by atoms with van der Waals surface area (Å²) < 4.78 is 5.14. The van der Waals surface area contributed by atoms with E-state index < -0.39 is 0 Å². The molecule has 1 aromatic carbocycles. The molecule has 2 rings (SSSR count). The van der Waals surface area contributed by atoms with Crippen molar-refractivity contribution in [3.63, 3.8) is 0 Å². The molecule has 3 N–H and O–H groups in total. The van der Waals surface area contributed by atoms with Crippen molar-refractivity contribution < 1.29 is 4.74 Å². The van der Waals surface area contributed by atoms with E-state index in [2.05, 4.69) is 5.32 Å². The van der Waals surface area contributed by atoms with Crippen LogP contribution in [0.3, 0.4) is 0 Å². The highest BCUT2D eigenvalue weighted by Crippen LogP contribution is 2.32. The predicted octanol–water partition coefficient (Wildman–Crippen LogP) is 2.35. The lowest BCUT2D eigenvalue weighted by Crippen LogP contribution is -2.36. The number of piperidine rings is 1. The van der Waals surface area contributed by atoms with Crippen LogP contribution in [0.2, 0.25) is 5.02 Å². The standard InChI is InChI=1S/C13H19ClN2O/c1-17-10-4-5-11(12(14)7-10)13(15)9-3-2-6-16-8-9/h4-5,7,9,13,16H,2-3,6,8,15H2,1H3. The van der Waals surface area contributed by atoms with E-state index in [9.17, 15) is 0 Å². The minimum Gasteiger partial charge on any atom is -0.497 e. The number of hydrogen-bond acceptors (Lipinski definition) is 3. The van der Waals surface area contributed by atoms with E-state index in [0.29, 0.717) is 10.9 Å². The van der Waals surface area contributed by atoms with Gasteiger partial charge in [0.25, 0.3) is 0 Å². The second-order valence-electron chi connectivity index (χ2n) is 4.52. The first-order valence-electron chi connectivity index (χ1n) is 6.02. The average Bonchev–Trinajstić information content (AvgIpc) is 2.39. The van der Waals surface area contributed by atoms with E-state index in [1.165, 1.54) is 6.42 Å². The molecule has 0 radical (unpaired) electrons. The Hall–Kier alpha value is -0.770. The van der Waals surface area contributed by atoms with Gasteiger partial charge in [-0.05, 0) is 49.5 Å². The molecular formula is C13H19ClN2O. The summed E-state index contributed by atoms with van der Waals surface area (Å²) >= 11 is 6.24. The zero-order chi connectivity index (χ0) is 12.3. The Morgan fingerprint density at radius 1 is 1.53 bits per heavy atom. The molecule has 0 saturated carbocycles. The van der Waals surface area contributed by atoms with Crippen LogP contribution in [0.25, 0.3) is 0 Å². The summed E-state index contributed by atoms with van der Waals surface area (Å²) in [6.07, 6.45) is 2.35. The molecule has 1 aliphatic heterocycles. The van der Waals surface area contributed by atoms with Crippen LogP contribution in [0.15, 0.2) is 18.2 Å². The highest BCUT2D eigenvalue weighted by atomic mass is 35.5. The maximum Gasteiger partial charge on any atom is 0.120 e. The Morgan fingerprint density at radius 2 is 2.35 bits per heavy atom. The van der Waals surface area contributed by atoms with Crippen LogP contribution >= 0.6 is 11.6 Å². The van der Waals surface area contributed by atoms with Gasteiger partial charge in [0.2, 0.25) is 0 Å². The molecule has 0 spiro atoms. The van der Waals surface area contributed by atoms with Gasteiger partial charge in [-0.25, -0.2) is 0 Å². The van der Waals surface area contributed by atoms with Gasteiger partial charge < -0.3 is 15.8 Å². The van der Waals surface area contributed by atoms with Gasteiger partial charge in [0.05, 0.1) is 7.11 Å². The van der Waals surface area contributed by atoms with Gasteiger partial charge in [-0.15, -0.1) is 0 Å². The van der Waals surface area contributed by atoms with Gasteiger partial charge in [-0.1, -0.05) is 17.7 Å². The molecule has 1 saturated heterocycles. The normalized spacial score (nSPS) is 22.2. The van der Waals surface area contributed by atoms with Crippen molar-refractivity contribution in [3.05, 3.63) is 28.8 Å². The van der Waals surface area contributed by atoms with Crippen molar-refractivity contribution in [2.45, 2.75) is 18.9 Å². The summed E-state index contributed by atoms with van der Waals surface area (Å²) in [6, 6.07) is 5.71. The molecule has 1 fully saturated rings. The quantitative estimate of drug-likeness (QED) is 0.871. The Balaban J connectivity index is 2.15. The maximum atomic E-state index is 6.30. The molecule has 4 heteroatoms. The molecule has 0 aliphatic carbocycles. The van der Waals surface area contributed by atoms with Gasteiger partial charge >= 0.3 is 0 Å². The summed E-state index contributed by atoms with van der Waals surface area (Å²) in [5.41, 5.74) is 7.31. The third kappa shape index (κ3) is 2.92. The van der Waals surface area contributed by atoms with Crippen molar-refractivity contribution in [1.82, 2.24) is 5.32 Å². The molecule has 94 valence electrons. The molecule has 1 heterocycles. The minimum atomic E-state index is 0.00112. The largest absolute Gasteiger partial charge is 0.497 e. The molecule has 1 aromatic rings. The summed E-state index contributed by atoms with van der Waals surface area (Å²) in [7, 11) is 1.64. The second kappa shape index (κ2) is 5.71. The monoisotopic (exact) mass is 254 g/mol. The molecule has 2 unspecified atom stereocenters. The number of benzene rings is 1. The van der Waals surface area contributed by atoms with Crippen LogP contribution in [0.5, 0.6) is 5.75 Å². The molecule has 17 heavy (non-hydrogen) atoms. The number of rotatable bonds is 3. The van der Waals surface area contributed by atoms with Crippen LogP contribution in [0.1, 0.15) is 24.4 Å². The molecule has 0 aromatic heterocycles. The van der Waals surface area contributed by atoms with Crippen LogP contribution in [0.4, 0.5) is 0 Å². The molecule has 0 bridgehead atoms. The van der Waals surface area contributed by atoms with Crippen molar-refractivity contribution >= 4 is 11.6 Å². The fourth-order valence-electron chi connectivity index (χ4n) is 2.34. The lowest BCUT2D eigenvalue weighted by Gasteiger charge is -2.29. The first kappa shape index (κ1) is 12.7. The van der Waals surface area contributed by atoms with E-state index in [1.54, 1.807) is 7.11 Å². The topological polar surface area (TPSA) is 47.3 Å². The van der Waals surface area contributed by atoms with Crippen LogP contribution in [-0.4, -0.2) is 20.2 Å². The predicted molar refractivity (Wildman–Crippen MR) is 70.5 cm³/mol. The Morgan fingerprint density at radius 3 is 2.94 bits per heavy atom. The third-order valence-corrected chi connectivity index (χ3v) is 3.74. The molecule has 3 nitrogen and oxygen atoms in total. The Labute approximate surface area is 107 Å². The number of hydrogen-bond donors (Lipinski definition) is 2. The molecular weight excluding hydrogens is 236 g/mol.